The number of rotatable bonds is 7. The molecule has 4 rings (SSSR count). The average Bonchev–Trinajstić information content (AvgIpc) is 2.84. The zero-order valence-corrected chi connectivity index (χ0v) is 17.9. The number of pyridine rings is 1. The van der Waals surface area contributed by atoms with Gasteiger partial charge in [-0.15, -0.1) is 4.68 Å². The molecule has 1 N–H and O–H groups in total. The topological polar surface area (TPSA) is 151 Å². The Morgan fingerprint density at radius 3 is 2.41 bits per heavy atom. The summed E-state index contributed by atoms with van der Waals surface area (Å²) < 4.78 is 17.2. The largest absolute Gasteiger partial charge is 0.493 e. The fourth-order valence-corrected chi connectivity index (χ4v) is 3.10. The highest BCUT2D eigenvalue weighted by Crippen LogP contribution is 2.40. The van der Waals surface area contributed by atoms with Crippen molar-refractivity contribution in [2.24, 2.45) is 5.10 Å². The van der Waals surface area contributed by atoms with Crippen LogP contribution in [-0.2, 0) is 0 Å². The number of nitrogens with one attached hydrogen (secondary N) is 1. The Morgan fingerprint density at radius 2 is 1.79 bits per heavy atom. The van der Waals surface area contributed by atoms with Crippen LogP contribution in [0.2, 0.25) is 0 Å². The van der Waals surface area contributed by atoms with Gasteiger partial charge in [0, 0.05) is 17.7 Å². The van der Waals surface area contributed by atoms with E-state index in [1.54, 1.807) is 36.4 Å². The van der Waals surface area contributed by atoms with Gasteiger partial charge in [-0.1, -0.05) is 12.1 Å². The Bertz CT molecular complexity index is 1500. The predicted octanol–water partition coefficient (Wildman–Crippen LogP) is 2.68. The lowest BCUT2D eigenvalue weighted by molar-refractivity contribution is -0.385. The summed E-state index contributed by atoms with van der Waals surface area (Å²) in [6.07, 6.45) is 2.36. The van der Waals surface area contributed by atoms with Crippen molar-refractivity contribution in [3.8, 4) is 23.1 Å². The number of aromatic nitrogens is 3. The van der Waals surface area contributed by atoms with Gasteiger partial charge in [-0.05, 0) is 24.3 Å². The number of fused-ring (bicyclic) bond motifs is 1. The molecule has 0 radical (unpaired) electrons. The minimum absolute atomic E-state index is 0.0814. The van der Waals surface area contributed by atoms with Crippen LogP contribution >= 0.6 is 0 Å². The molecule has 0 atom stereocenters. The number of benzene rings is 2. The lowest BCUT2D eigenvalue weighted by Crippen LogP contribution is -2.32. The van der Waals surface area contributed by atoms with Crippen LogP contribution in [0.15, 0.2) is 69.4 Å². The van der Waals surface area contributed by atoms with Gasteiger partial charge >= 0.3 is 5.69 Å². The first-order valence-electron chi connectivity index (χ1n) is 9.74. The summed E-state index contributed by atoms with van der Waals surface area (Å²) in [5, 5.41) is 15.1. The molecule has 0 amide bonds. The lowest BCUT2D eigenvalue weighted by Gasteiger charge is -2.14. The number of hydrogen-bond acceptors (Lipinski definition) is 9. The van der Waals surface area contributed by atoms with Gasteiger partial charge in [-0.3, -0.25) is 14.9 Å². The zero-order valence-electron chi connectivity index (χ0n) is 17.9. The molecule has 4 aromatic rings. The van der Waals surface area contributed by atoms with E-state index in [0.717, 1.165) is 6.20 Å². The molecule has 2 heterocycles. The molecule has 34 heavy (non-hydrogen) atoms. The molecule has 0 saturated heterocycles. The molecule has 0 aliphatic rings. The van der Waals surface area contributed by atoms with Crippen molar-refractivity contribution in [3.05, 3.63) is 91.2 Å². The number of para-hydroxylation sites is 1. The quantitative estimate of drug-likeness (QED) is 0.250. The van der Waals surface area contributed by atoms with Gasteiger partial charge < -0.3 is 19.2 Å². The Morgan fingerprint density at radius 1 is 1.09 bits per heavy atom. The summed E-state index contributed by atoms with van der Waals surface area (Å²) >= 11 is 0. The van der Waals surface area contributed by atoms with Crippen LogP contribution in [-0.4, -0.2) is 40.0 Å². The van der Waals surface area contributed by atoms with Gasteiger partial charge in [-0.25, -0.2) is 9.78 Å². The molecule has 0 fully saturated rings. The van der Waals surface area contributed by atoms with Gasteiger partial charge in [-0.2, -0.15) is 5.10 Å². The van der Waals surface area contributed by atoms with Crippen molar-refractivity contribution >= 4 is 22.8 Å². The summed E-state index contributed by atoms with van der Waals surface area (Å²) in [5.41, 5.74) is -0.593. The number of nitrogens with zero attached hydrogens (tertiary/aromatic N) is 4. The van der Waals surface area contributed by atoms with Crippen LogP contribution in [0.25, 0.3) is 10.9 Å². The van der Waals surface area contributed by atoms with Gasteiger partial charge in [0.15, 0.2) is 11.5 Å². The number of nitro groups is 1. The normalized spacial score (nSPS) is 11.0. The third kappa shape index (κ3) is 4.32. The third-order valence-electron chi connectivity index (χ3n) is 4.73. The number of H-pyrrole nitrogens is 1. The van der Waals surface area contributed by atoms with Gasteiger partial charge in [0.1, 0.15) is 6.20 Å². The van der Waals surface area contributed by atoms with Crippen LogP contribution < -0.4 is 25.5 Å². The van der Waals surface area contributed by atoms with Gasteiger partial charge in [0.05, 0.1) is 36.3 Å². The Balaban J connectivity index is 1.70. The van der Waals surface area contributed by atoms with E-state index in [-0.39, 0.29) is 28.8 Å². The van der Waals surface area contributed by atoms with E-state index >= 15 is 0 Å². The van der Waals surface area contributed by atoms with E-state index in [1.165, 1.54) is 32.6 Å². The van der Waals surface area contributed by atoms with E-state index in [1.807, 2.05) is 0 Å². The molecule has 0 bridgehead atoms. The smallest absolute Gasteiger partial charge is 0.349 e. The maximum Gasteiger partial charge on any atom is 0.349 e. The molecular formula is C22H17N5O7. The maximum atomic E-state index is 12.7. The molecule has 0 unspecified atom stereocenters. The van der Waals surface area contributed by atoms with Crippen molar-refractivity contribution in [2.45, 2.75) is 0 Å². The highest BCUT2D eigenvalue weighted by Gasteiger charge is 2.16. The van der Waals surface area contributed by atoms with E-state index < -0.39 is 16.2 Å². The Hall–Kier alpha value is -5.00. The van der Waals surface area contributed by atoms with Gasteiger partial charge in [0.25, 0.3) is 11.2 Å². The highest BCUT2D eigenvalue weighted by molar-refractivity contribution is 5.83. The standard InChI is InChI=1S/C22H17N5O7/c1-32-17-9-13(11-24-26-21(28)15-5-3-4-6-16(15)25-22(26)29)10-18(33-2)20(17)34-19-8-7-14(12-23-19)27(30)31/h3-12H,1-2H3,(H,25,29). The van der Waals surface area contributed by atoms with Crippen molar-refractivity contribution < 1.29 is 19.1 Å². The molecule has 0 aliphatic carbocycles. The van der Waals surface area contributed by atoms with Crippen molar-refractivity contribution in [1.29, 1.82) is 0 Å². The molecule has 12 nitrogen and oxygen atoms in total. The molecule has 0 saturated carbocycles. The van der Waals surface area contributed by atoms with E-state index in [2.05, 4.69) is 15.1 Å². The Labute approximate surface area is 190 Å². The molecule has 2 aromatic heterocycles. The summed E-state index contributed by atoms with van der Waals surface area (Å²) in [4.78, 5) is 41.7. The molecule has 2 aromatic carbocycles. The second kappa shape index (κ2) is 9.24. The molecular weight excluding hydrogens is 446 g/mol. The van der Waals surface area contributed by atoms with E-state index in [4.69, 9.17) is 14.2 Å². The first-order valence-corrected chi connectivity index (χ1v) is 9.74. The van der Waals surface area contributed by atoms with E-state index in [0.29, 0.717) is 21.1 Å². The lowest BCUT2D eigenvalue weighted by atomic mass is 10.2. The SMILES string of the molecule is COc1cc(C=Nn2c(=O)[nH]c3ccccc3c2=O)cc(OC)c1Oc1ccc([N+](=O)[O-])cn1. The zero-order chi connectivity index (χ0) is 24.2. The minimum Gasteiger partial charge on any atom is -0.493 e. The maximum absolute atomic E-state index is 12.7. The van der Waals surface area contributed by atoms with Crippen LogP contribution in [0.3, 0.4) is 0 Å². The number of ether oxygens (including phenoxy) is 3. The summed E-state index contributed by atoms with van der Waals surface area (Å²) in [6.45, 7) is 0. The van der Waals surface area contributed by atoms with E-state index in [9.17, 15) is 19.7 Å². The number of methoxy groups -OCH3 is 2. The fraction of sp³-hybridized carbons (Fsp3) is 0.0909. The average molecular weight is 463 g/mol. The van der Waals surface area contributed by atoms with Crippen molar-refractivity contribution in [3.63, 3.8) is 0 Å². The second-order valence-corrected chi connectivity index (χ2v) is 6.81. The summed E-state index contributed by atoms with van der Waals surface area (Å²) in [5.74, 6) is 0.725. The Kier molecular flexibility index (Phi) is 6.03. The number of hydrogen-bond donors (Lipinski definition) is 1. The van der Waals surface area contributed by atoms with Crippen molar-refractivity contribution in [2.75, 3.05) is 14.2 Å². The third-order valence-corrected chi connectivity index (χ3v) is 4.73. The van der Waals surface area contributed by atoms with Crippen LogP contribution in [0.4, 0.5) is 5.69 Å². The number of aromatic amines is 1. The summed E-state index contributed by atoms with van der Waals surface area (Å²) in [6, 6.07) is 12.3. The van der Waals surface area contributed by atoms with Crippen LogP contribution in [0.5, 0.6) is 23.1 Å². The molecule has 172 valence electrons. The highest BCUT2D eigenvalue weighted by atomic mass is 16.6. The molecule has 0 aliphatic heterocycles. The minimum atomic E-state index is -0.692. The fourth-order valence-electron chi connectivity index (χ4n) is 3.10. The molecule has 0 spiro atoms. The van der Waals surface area contributed by atoms with Crippen LogP contribution in [0, 0.1) is 10.1 Å². The van der Waals surface area contributed by atoms with Crippen molar-refractivity contribution in [1.82, 2.24) is 14.6 Å². The van der Waals surface area contributed by atoms with Gasteiger partial charge in [0.2, 0.25) is 11.6 Å². The second-order valence-electron chi connectivity index (χ2n) is 6.81. The first-order chi connectivity index (χ1) is 16.4. The first kappa shape index (κ1) is 22.2. The molecule has 12 heteroatoms. The predicted molar refractivity (Wildman–Crippen MR) is 122 cm³/mol. The monoisotopic (exact) mass is 463 g/mol. The van der Waals surface area contributed by atoms with Crippen LogP contribution in [0.1, 0.15) is 5.56 Å². The summed E-state index contributed by atoms with van der Waals surface area (Å²) in [7, 11) is 2.81.